The maximum Gasteiger partial charge on any atom is 0.311 e. The van der Waals surface area contributed by atoms with Gasteiger partial charge >= 0.3 is 5.97 Å². The van der Waals surface area contributed by atoms with Crippen molar-refractivity contribution in [2.45, 2.75) is 71.5 Å². The zero-order valence-electron chi connectivity index (χ0n) is 17.8. The molecular weight excluding hydrogens is 392 g/mol. The molecule has 0 saturated heterocycles. The van der Waals surface area contributed by atoms with Crippen LogP contribution in [0.1, 0.15) is 64.9 Å². The first-order valence-electron chi connectivity index (χ1n) is 10.1. The second kappa shape index (κ2) is 10.4. The first-order chi connectivity index (χ1) is 14.1. The molecule has 9 nitrogen and oxygen atoms in total. The van der Waals surface area contributed by atoms with Crippen LogP contribution in [0.4, 0.5) is 0 Å². The van der Waals surface area contributed by atoms with Crippen molar-refractivity contribution in [1.29, 1.82) is 0 Å². The summed E-state index contributed by atoms with van der Waals surface area (Å²) in [7, 11) is 0. The van der Waals surface area contributed by atoms with Crippen molar-refractivity contribution in [3.8, 4) is 5.75 Å². The number of amides is 1. The van der Waals surface area contributed by atoms with E-state index in [4.69, 9.17) is 9.57 Å². The lowest BCUT2D eigenvalue weighted by atomic mass is 9.71. The summed E-state index contributed by atoms with van der Waals surface area (Å²) in [5.41, 5.74) is -0.410. The van der Waals surface area contributed by atoms with Gasteiger partial charge < -0.3 is 9.57 Å². The van der Waals surface area contributed by atoms with Gasteiger partial charge in [0, 0.05) is 5.41 Å². The van der Waals surface area contributed by atoms with Crippen LogP contribution in [0.2, 0.25) is 0 Å². The molecule has 1 saturated carbocycles. The van der Waals surface area contributed by atoms with Gasteiger partial charge in [0.2, 0.25) is 6.41 Å². The van der Waals surface area contributed by atoms with Crippen LogP contribution in [0, 0.1) is 15.5 Å². The highest BCUT2D eigenvalue weighted by molar-refractivity contribution is 5.73. The van der Waals surface area contributed by atoms with E-state index in [1.165, 1.54) is 11.1 Å². The number of hydrogen-bond donors (Lipinski definition) is 0. The second-order valence-electron chi connectivity index (χ2n) is 8.74. The van der Waals surface area contributed by atoms with Crippen molar-refractivity contribution < 1.29 is 29.1 Å². The van der Waals surface area contributed by atoms with E-state index in [0.29, 0.717) is 24.3 Å². The molecule has 0 aromatic heterocycles. The third-order valence-corrected chi connectivity index (χ3v) is 4.90. The molecule has 0 radical (unpaired) electrons. The maximum atomic E-state index is 12.7. The van der Waals surface area contributed by atoms with E-state index >= 15 is 0 Å². The SMILES string of the molecule is CC(C)(C)ON(C=O)CC1(CC(=O)Oc2cccc(CO[N+](=O)[O-])c2)CCCCC1. The minimum Gasteiger partial charge on any atom is -0.427 e. The van der Waals surface area contributed by atoms with Gasteiger partial charge in [-0.05, 0) is 51.3 Å². The van der Waals surface area contributed by atoms with Crippen LogP contribution in [-0.4, -0.2) is 34.7 Å². The molecule has 0 spiro atoms. The van der Waals surface area contributed by atoms with Crippen LogP contribution in [0.25, 0.3) is 0 Å². The topological polar surface area (TPSA) is 108 Å². The summed E-state index contributed by atoms with van der Waals surface area (Å²) >= 11 is 0. The Bertz CT molecular complexity index is 739. The van der Waals surface area contributed by atoms with E-state index in [-0.39, 0.29) is 13.0 Å². The molecule has 1 aliphatic carbocycles. The van der Waals surface area contributed by atoms with Crippen LogP contribution < -0.4 is 4.74 Å². The first kappa shape index (κ1) is 23.6. The zero-order valence-corrected chi connectivity index (χ0v) is 17.8. The van der Waals surface area contributed by atoms with Crippen molar-refractivity contribution in [3.05, 3.63) is 39.9 Å². The summed E-state index contributed by atoms with van der Waals surface area (Å²) in [5.74, 6) is -0.112. The number of carbonyl (C=O) groups excluding carboxylic acids is 2. The van der Waals surface area contributed by atoms with Gasteiger partial charge in [0.15, 0.2) is 0 Å². The summed E-state index contributed by atoms with van der Waals surface area (Å²) in [6.45, 7) is 5.68. The van der Waals surface area contributed by atoms with Gasteiger partial charge in [-0.25, -0.2) is 5.06 Å². The molecular formula is C21H30N2O7. The largest absolute Gasteiger partial charge is 0.427 e. The molecule has 1 fully saturated rings. The van der Waals surface area contributed by atoms with Crippen molar-refractivity contribution in [1.82, 2.24) is 5.06 Å². The molecule has 0 bridgehead atoms. The fourth-order valence-electron chi connectivity index (χ4n) is 3.77. The summed E-state index contributed by atoms with van der Waals surface area (Å²) in [6.07, 6.45) is 5.46. The molecule has 0 aliphatic heterocycles. The van der Waals surface area contributed by atoms with Crippen molar-refractivity contribution in [3.63, 3.8) is 0 Å². The average Bonchev–Trinajstić information content (AvgIpc) is 2.65. The molecule has 2 rings (SSSR count). The third kappa shape index (κ3) is 7.98. The van der Waals surface area contributed by atoms with Crippen LogP contribution in [0.15, 0.2) is 24.3 Å². The molecule has 1 amide bonds. The van der Waals surface area contributed by atoms with Gasteiger partial charge in [0.05, 0.1) is 18.6 Å². The molecule has 0 heterocycles. The first-order valence-corrected chi connectivity index (χ1v) is 10.1. The number of benzene rings is 1. The van der Waals surface area contributed by atoms with Crippen LogP contribution in [0.3, 0.4) is 0 Å². The number of rotatable bonds is 10. The van der Waals surface area contributed by atoms with Crippen LogP contribution in [-0.2, 0) is 25.9 Å². The Morgan fingerprint density at radius 1 is 1.27 bits per heavy atom. The standard InChI is InChI=1S/C21H30N2O7/c1-20(2,3)30-22(16-24)15-21(10-5-4-6-11-21)13-19(25)29-18-9-7-8-17(12-18)14-28-23(26)27/h7-9,12,16H,4-6,10-11,13-15H2,1-3H3. The maximum absolute atomic E-state index is 12.7. The lowest BCUT2D eigenvalue weighted by Gasteiger charge is -2.40. The average molecular weight is 422 g/mol. The highest BCUT2D eigenvalue weighted by Crippen LogP contribution is 2.40. The predicted molar refractivity (Wildman–Crippen MR) is 108 cm³/mol. The van der Waals surface area contributed by atoms with E-state index in [1.807, 2.05) is 20.8 Å². The Morgan fingerprint density at radius 3 is 2.57 bits per heavy atom. The number of hydrogen-bond acceptors (Lipinski definition) is 7. The van der Waals surface area contributed by atoms with E-state index in [9.17, 15) is 19.7 Å². The lowest BCUT2D eigenvalue weighted by molar-refractivity contribution is -0.763. The van der Waals surface area contributed by atoms with Crippen molar-refractivity contribution in [2.75, 3.05) is 6.54 Å². The summed E-state index contributed by atoms with van der Waals surface area (Å²) in [4.78, 5) is 44.7. The minimum atomic E-state index is -0.871. The number of carbonyl (C=O) groups is 2. The fraction of sp³-hybridized carbons (Fsp3) is 0.619. The summed E-state index contributed by atoms with van der Waals surface area (Å²) in [6, 6.07) is 6.44. The summed E-state index contributed by atoms with van der Waals surface area (Å²) in [5, 5.41) is 10.8. The number of nitrogens with zero attached hydrogens (tertiary/aromatic N) is 2. The van der Waals surface area contributed by atoms with E-state index < -0.39 is 22.1 Å². The van der Waals surface area contributed by atoms with Crippen molar-refractivity contribution >= 4 is 12.4 Å². The molecule has 1 aromatic rings. The van der Waals surface area contributed by atoms with Crippen LogP contribution in [0.5, 0.6) is 5.75 Å². The number of ether oxygens (including phenoxy) is 1. The normalized spacial score (nSPS) is 15.8. The lowest BCUT2D eigenvalue weighted by Crippen LogP contribution is -2.43. The van der Waals surface area contributed by atoms with Crippen LogP contribution >= 0.6 is 0 Å². The summed E-state index contributed by atoms with van der Waals surface area (Å²) < 4.78 is 5.49. The quantitative estimate of drug-likeness (QED) is 0.185. The van der Waals surface area contributed by atoms with Gasteiger partial charge in [-0.3, -0.25) is 14.4 Å². The Kier molecular flexibility index (Phi) is 8.16. The minimum absolute atomic E-state index is 0.153. The third-order valence-electron chi connectivity index (χ3n) is 4.90. The molecule has 0 unspecified atom stereocenters. The van der Waals surface area contributed by atoms with Gasteiger partial charge in [-0.15, -0.1) is 10.1 Å². The van der Waals surface area contributed by atoms with Gasteiger partial charge in [0.1, 0.15) is 12.4 Å². The van der Waals surface area contributed by atoms with E-state index in [2.05, 4.69) is 4.84 Å². The Hall–Kier alpha value is -2.68. The monoisotopic (exact) mass is 422 g/mol. The van der Waals surface area contributed by atoms with Gasteiger partial charge in [-0.2, -0.15) is 0 Å². The molecule has 0 N–H and O–H groups in total. The highest BCUT2D eigenvalue weighted by Gasteiger charge is 2.38. The smallest absolute Gasteiger partial charge is 0.311 e. The van der Waals surface area contributed by atoms with E-state index in [1.54, 1.807) is 18.2 Å². The molecule has 1 aliphatic rings. The Balaban J connectivity index is 2.05. The molecule has 1 aromatic carbocycles. The number of hydroxylamine groups is 2. The van der Waals surface area contributed by atoms with Crippen molar-refractivity contribution in [2.24, 2.45) is 5.41 Å². The predicted octanol–water partition coefficient (Wildman–Crippen LogP) is 3.83. The number of esters is 1. The molecule has 9 heteroatoms. The molecule has 166 valence electrons. The fourth-order valence-corrected chi connectivity index (χ4v) is 3.77. The zero-order chi connectivity index (χ0) is 22.2. The Morgan fingerprint density at radius 2 is 1.97 bits per heavy atom. The highest BCUT2D eigenvalue weighted by atomic mass is 16.9. The van der Waals surface area contributed by atoms with E-state index in [0.717, 1.165) is 32.1 Å². The van der Waals surface area contributed by atoms with Gasteiger partial charge in [0.25, 0.3) is 5.09 Å². The van der Waals surface area contributed by atoms with Gasteiger partial charge in [-0.1, -0.05) is 31.4 Å². The molecule has 0 atom stereocenters. The molecule has 30 heavy (non-hydrogen) atoms. The Labute approximate surface area is 176 Å². The second-order valence-corrected chi connectivity index (χ2v) is 8.74.